The van der Waals surface area contributed by atoms with Gasteiger partial charge in [0.05, 0.1) is 21.8 Å². The van der Waals surface area contributed by atoms with Gasteiger partial charge in [0.15, 0.2) is 0 Å². The number of rotatable bonds is 7. The molecule has 2 N–H and O–H groups in total. The van der Waals surface area contributed by atoms with Gasteiger partial charge in [-0.25, -0.2) is 13.2 Å². The first-order valence-electron chi connectivity index (χ1n) is 11.2. The van der Waals surface area contributed by atoms with Crippen LogP contribution in [0.3, 0.4) is 0 Å². The van der Waals surface area contributed by atoms with Crippen molar-refractivity contribution in [3.63, 3.8) is 0 Å². The average molecular weight is 499 g/mol. The molecule has 0 radical (unpaired) electrons. The fourth-order valence-corrected chi connectivity index (χ4v) is 5.42. The monoisotopic (exact) mass is 498 g/mol. The normalized spacial score (nSPS) is 14.8. The number of benzene rings is 2. The summed E-state index contributed by atoms with van der Waals surface area (Å²) < 4.78 is 66.3. The lowest BCUT2D eigenvalue weighted by molar-refractivity contribution is -0.137. The van der Waals surface area contributed by atoms with Gasteiger partial charge in [0.2, 0.25) is 10.0 Å². The Hall–Kier alpha value is -2.79. The van der Waals surface area contributed by atoms with Crippen LogP contribution in [0.4, 0.5) is 35.0 Å². The fraction of sp³-hybridized carbons (Fsp3) is 0.435. The van der Waals surface area contributed by atoms with Crippen LogP contribution >= 0.6 is 0 Å². The Kier molecular flexibility index (Phi) is 8.09. The van der Waals surface area contributed by atoms with E-state index in [0.29, 0.717) is 37.6 Å². The van der Waals surface area contributed by atoms with E-state index in [2.05, 4.69) is 10.6 Å². The third kappa shape index (κ3) is 6.01. The van der Waals surface area contributed by atoms with Gasteiger partial charge in [-0.15, -0.1) is 0 Å². The lowest BCUT2D eigenvalue weighted by atomic mass is 10.1. The molecule has 1 fully saturated rings. The van der Waals surface area contributed by atoms with Crippen molar-refractivity contribution in [1.82, 2.24) is 4.31 Å². The minimum atomic E-state index is -4.53. The Morgan fingerprint density at radius 2 is 1.68 bits per heavy atom. The number of sulfonamides is 1. The second-order valence-electron chi connectivity index (χ2n) is 7.97. The molecule has 0 aromatic heterocycles. The molecule has 0 unspecified atom stereocenters. The Bertz CT molecular complexity index is 1110. The molecule has 0 atom stereocenters. The van der Waals surface area contributed by atoms with Gasteiger partial charge in [0.1, 0.15) is 0 Å². The molecule has 1 heterocycles. The highest BCUT2D eigenvalue weighted by atomic mass is 32.2. The second-order valence-corrected chi connectivity index (χ2v) is 9.91. The Labute approximate surface area is 198 Å². The largest absolute Gasteiger partial charge is 0.416 e. The summed E-state index contributed by atoms with van der Waals surface area (Å²) in [7, 11) is -3.70. The summed E-state index contributed by atoms with van der Waals surface area (Å²) in [5.74, 6) is 0. The minimum absolute atomic E-state index is 0.00687. The summed E-state index contributed by atoms with van der Waals surface area (Å²) in [5.41, 5.74) is 0.0647. The van der Waals surface area contributed by atoms with Gasteiger partial charge >= 0.3 is 12.2 Å². The maximum absolute atomic E-state index is 13.0. The van der Waals surface area contributed by atoms with Crippen molar-refractivity contribution in [2.75, 3.05) is 41.7 Å². The maximum atomic E-state index is 13.0. The number of nitrogens with zero attached hydrogens (tertiary/aromatic N) is 2. The van der Waals surface area contributed by atoms with Gasteiger partial charge in [-0.1, -0.05) is 19.9 Å². The average Bonchev–Trinajstić information content (AvgIpc) is 2.80. The summed E-state index contributed by atoms with van der Waals surface area (Å²) >= 11 is 0. The molecule has 1 saturated heterocycles. The molecule has 0 spiro atoms. The molecule has 0 aliphatic carbocycles. The number of alkyl halides is 3. The van der Waals surface area contributed by atoms with Crippen LogP contribution in [0.2, 0.25) is 0 Å². The Balaban J connectivity index is 1.89. The molecule has 2 aromatic rings. The molecule has 0 bridgehead atoms. The standard InChI is InChI=1S/C23H29F3N4O3S/c1-3-30(4-2)34(32,33)19-11-12-20(21(16-19)29-13-6-5-7-14-29)28-22(31)27-18-10-8-9-17(15-18)23(24,25)26/h8-12,15-16H,3-7,13-14H2,1-2H3,(H2,27,28,31). The van der Waals surface area contributed by atoms with E-state index in [1.165, 1.54) is 28.6 Å². The van der Waals surface area contributed by atoms with Crippen LogP contribution in [0.25, 0.3) is 0 Å². The zero-order chi connectivity index (χ0) is 24.9. The molecular weight excluding hydrogens is 469 g/mol. The van der Waals surface area contributed by atoms with Gasteiger partial charge in [0, 0.05) is 31.9 Å². The van der Waals surface area contributed by atoms with Crippen molar-refractivity contribution < 1.29 is 26.4 Å². The highest BCUT2D eigenvalue weighted by molar-refractivity contribution is 7.89. The first-order valence-corrected chi connectivity index (χ1v) is 12.6. The number of hydrogen-bond acceptors (Lipinski definition) is 4. The zero-order valence-electron chi connectivity index (χ0n) is 19.2. The maximum Gasteiger partial charge on any atom is 0.416 e. The number of anilines is 3. The van der Waals surface area contributed by atoms with Gasteiger partial charge < -0.3 is 15.5 Å². The fourth-order valence-electron chi connectivity index (χ4n) is 3.94. The molecule has 3 rings (SSSR count). The van der Waals surface area contributed by atoms with Crippen LogP contribution in [0.15, 0.2) is 47.4 Å². The predicted octanol–water partition coefficient (Wildman–Crippen LogP) is 5.37. The van der Waals surface area contributed by atoms with Crippen LogP contribution < -0.4 is 15.5 Å². The molecule has 34 heavy (non-hydrogen) atoms. The Morgan fingerprint density at radius 1 is 1.00 bits per heavy atom. The summed E-state index contributed by atoms with van der Waals surface area (Å²) in [6.45, 7) is 5.60. The zero-order valence-corrected chi connectivity index (χ0v) is 20.0. The van der Waals surface area contributed by atoms with Gasteiger partial charge in [-0.2, -0.15) is 17.5 Å². The third-order valence-electron chi connectivity index (χ3n) is 5.71. The van der Waals surface area contributed by atoms with E-state index in [4.69, 9.17) is 0 Å². The summed E-state index contributed by atoms with van der Waals surface area (Å²) in [6, 6.07) is 8.13. The smallest absolute Gasteiger partial charge is 0.370 e. The number of hydrogen-bond donors (Lipinski definition) is 2. The van der Waals surface area contributed by atoms with E-state index in [1.807, 2.05) is 4.90 Å². The molecule has 2 aromatic carbocycles. The molecule has 2 amide bonds. The highest BCUT2D eigenvalue weighted by Crippen LogP contribution is 2.33. The van der Waals surface area contributed by atoms with Crippen LogP contribution in [0, 0.1) is 0 Å². The van der Waals surface area contributed by atoms with Crippen molar-refractivity contribution in [3.8, 4) is 0 Å². The van der Waals surface area contributed by atoms with Crippen LogP contribution in [-0.4, -0.2) is 44.9 Å². The number of nitrogens with one attached hydrogen (secondary N) is 2. The van der Waals surface area contributed by atoms with Crippen molar-refractivity contribution in [1.29, 1.82) is 0 Å². The minimum Gasteiger partial charge on any atom is -0.370 e. The number of carbonyl (C=O) groups is 1. The molecule has 7 nitrogen and oxygen atoms in total. The molecule has 0 saturated carbocycles. The number of halogens is 3. The van der Waals surface area contributed by atoms with E-state index in [0.717, 1.165) is 31.4 Å². The van der Waals surface area contributed by atoms with E-state index < -0.39 is 27.8 Å². The molecule has 1 aliphatic heterocycles. The van der Waals surface area contributed by atoms with Gasteiger partial charge in [-0.05, 0) is 55.7 Å². The first-order chi connectivity index (χ1) is 16.1. The second kappa shape index (κ2) is 10.6. The Morgan fingerprint density at radius 3 is 2.29 bits per heavy atom. The number of amides is 2. The number of urea groups is 1. The van der Waals surface area contributed by atoms with Crippen molar-refractivity contribution in [3.05, 3.63) is 48.0 Å². The first kappa shape index (κ1) is 25.8. The molecule has 1 aliphatic rings. The van der Waals surface area contributed by atoms with Crippen molar-refractivity contribution in [2.24, 2.45) is 0 Å². The predicted molar refractivity (Wildman–Crippen MR) is 127 cm³/mol. The van der Waals surface area contributed by atoms with E-state index in [9.17, 15) is 26.4 Å². The van der Waals surface area contributed by atoms with Crippen LogP contribution in [-0.2, 0) is 16.2 Å². The molecule has 186 valence electrons. The SMILES string of the molecule is CCN(CC)S(=O)(=O)c1ccc(NC(=O)Nc2cccc(C(F)(F)F)c2)c(N2CCCCC2)c1. The lowest BCUT2D eigenvalue weighted by Crippen LogP contribution is -2.33. The van der Waals surface area contributed by atoms with E-state index in [-0.39, 0.29) is 10.6 Å². The lowest BCUT2D eigenvalue weighted by Gasteiger charge is -2.31. The number of carbonyl (C=O) groups excluding carboxylic acids is 1. The van der Waals surface area contributed by atoms with Crippen molar-refractivity contribution in [2.45, 2.75) is 44.2 Å². The topological polar surface area (TPSA) is 81.8 Å². The quantitative estimate of drug-likeness (QED) is 0.538. The van der Waals surface area contributed by atoms with E-state index in [1.54, 1.807) is 19.9 Å². The van der Waals surface area contributed by atoms with Gasteiger partial charge in [0.25, 0.3) is 0 Å². The van der Waals surface area contributed by atoms with Crippen LogP contribution in [0.1, 0.15) is 38.7 Å². The highest BCUT2D eigenvalue weighted by Gasteiger charge is 2.30. The molecule has 11 heteroatoms. The van der Waals surface area contributed by atoms with Crippen molar-refractivity contribution >= 4 is 33.1 Å². The van der Waals surface area contributed by atoms with E-state index >= 15 is 0 Å². The third-order valence-corrected chi connectivity index (χ3v) is 7.75. The van der Waals surface area contributed by atoms with Gasteiger partial charge in [-0.3, -0.25) is 0 Å². The summed E-state index contributed by atoms with van der Waals surface area (Å²) in [5, 5.41) is 5.09. The molecular formula is C23H29F3N4O3S. The number of piperidine rings is 1. The summed E-state index contributed by atoms with van der Waals surface area (Å²) in [4.78, 5) is 14.8. The van der Waals surface area contributed by atoms with Crippen LogP contribution in [0.5, 0.6) is 0 Å². The summed E-state index contributed by atoms with van der Waals surface area (Å²) in [6.07, 6.45) is -1.60.